The minimum Gasteiger partial charge on any atom is -0.494 e. The molecule has 0 fully saturated rings. The molecule has 1 heterocycles. The van der Waals surface area contributed by atoms with Crippen LogP contribution in [-0.2, 0) is 11.3 Å². The lowest BCUT2D eigenvalue weighted by Gasteiger charge is -2.06. The van der Waals surface area contributed by atoms with E-state index in [1.54, 1.807) is 11.7 Å². The van der Waals surface area contributed by atoms with Gasteiger partial charge in [-0.3, -0.25) is 4.79 Å². The first-order valence-corrected chi connectivity index (χ1v) is 9.15. The highest BCUT2D eigenvalue weighted by Gasteiger charge is 2.17. The number of aromatic nitrogens is 1. The number of rotatable bonds is 6. The molecule has 1 aromatic heterocycles. The van der Waals surface area contributed by atoms with E-state index in [9.17, 15) is 13.6 Å². The molecule has 2 aromatic carbocycles. The van der Waals surface area contributed by atoms with Crippen LogP contribution in [0.2, 0.25) is 0 Å². The van der Waals surface area contributed by atoms with Crippen LogP contribution in [-0.4, -0.2) is 30.8 Å². The molecule has 0 aliphatic heterocycles. The van der Waals surface area contributed by atoms with Crippen molar-refractivity contribution in [3.8, 4) is 5.75 Å². The van der Waals surface area contributed by atoms with Gasteiger partial charge in [-0.1, -0.05) is 17.4 Å². The molecule has 0 saturated carbocycles. The zero-order chi connectivity index (χ0) is 19.4. The Morgan fingerprint density at radius 2 is 1.96 bits per heavy atom. The first-order chi connectivity index (χ1) is 13.0. The number of hydrogen-bond acceptors (Lipinski definition) is 4. The van der Waals surface area contributed by atoms with Crippen molar-refractivity contribution < 1.29 is 23.0 Å². The van der Waals surface area contributed by atoms with Crippen molar-refractivity contribution in [2.24, 2.45) is 4.99 Å². The summed E-state index contributed by atoms with van der Waals surface area (Å²) in [6.45, 7) is 3.26. The van der Waals surface area contributed by atoms with Gasteiger partial charge >= 0.3 is 0 Å². The van der Waals surface area contributed by atoms with Crippen LogP contribution in [0, 0.1) is 11.6 Å². The maximum Gasteiger partial charge on any atom is 0.285 e. The van der Waals surface area contributed by atoms with E-state index >= 15 is 0 Å². The summed E-state index contributed by atoms with van der Waals surface area (Å²) < 4.78 is 41.0. The van der Waals surface area contributed by atoms with Crippen LogP contribution >= 0.6 is 11.3 Å². The monoisotopic (exact) mass is 392 g/mol. The van der Waals surface area contributed by atoms with Gasteiger partial charge in [0.2, 0.25) is 0 Å². The molecule has 8 heteroatoms. The van der Waals surface area contributed by atoms with E-state index in [0.29, 0.717) is 30.3 Å². The number of amides is 1. The molecule has 0 unspecified atom stereocenters. The molecule has 0 saturated heterocycles. The fourth-order valence-corrected chi connectivity index (χ4v) is 3.72. The predicted octanol–water partition coefficient (Wildman–Crippen LogP) is 3.77. The summed E-state index contributed by atoms with van der Waals surface area (Å²) in [5.74, 6) is -2.14. The molecule has 0 bridgehead atoms. The molecular weight excluding hydrogens is 374 g/mol. The van der Waals surface area contributed by atoms with E-state index in [-0.39, 0.29) is 0 Å². The molecule has 0 atom stereocenters. The van der Waals surface area contributed by atoms with Crippen molar-refractivity contribution in [2.75, 3.05) is 20.3 Å². The largest absolute Gasteiger partial charge is 0.494 e. The van der Waals surface area contributed by atoms with E-state index in [4.69, 9.17) is 9.47 Å². The summed E-state index contributed by atoms with van der Waals surface area (Å²) in [4.78, 5) is 16.7. The molecule has 0 N–H and O–H groups in total. The molecule has 1 amide bonds. The fourth-order valence-electron chi connectivity index (χ4n) is 2.64. The fraction of sp³-hybridized carbons (Fsp3) is 0.263. The van der Waals surface area contributed by atoms with Crippen LogP contribution in [0.4, 0.5) is 8.78 Å². The van der Waals surface area contributed by atoms with E-state index in [2.05, 4.69) is 4.99 Å². The third-order valence-corrected chi connectivity index (χ3v) is 4.90. The van der Waals surface area contributed by atoms with Gasteiger partial charge in [-0.25, -0.2) is 8.78 Å². The highest BCUT2D eigenvalue weighted by Crippen LogP contribution is 2.24. The maximum absolute atomic E-state index is 13.9. The Hall–Kier alpha value is -2.58. The lowest BCUT2D eigenvalue weighted by molar-refractivity contribution is 0.0989. The molecule has 0 aliphatic carbocycles. The Kier molecular flexibility index (Phi) is 5.98. The number of carbonyl (C=O) groups is 1. The third kappa shape index (κ3) is 4.06. The lowest BCUT2D eigenvalue weighted by atomic mass is 10.2. The summed E-state index contributed by atoms with van der Waals surface area (Å²) in [6, 6.07) is 8.80. The number of benzene rings is 2. The molecule has 5 nitrogen and oxygen atoms in total. The van der Waals surface area contributed by atoms with Crippen LogP contribution in [0.5, 0.6) is 5.75 Å². The standard InChI is InChI=1S/C19H18F2N2O3S/c1-3-26-12-7-8-15-16(11-12)27-19(23(15)9-10-25-2)22-18(24)17-13(20)5-4-6-14(17)21/h4-8,11H,3,9-10H2,1-2H3. The molecule has 27 heavy (non-hydrogen) atoms. The topological polar surface area (TPSA) is 52.8 Å². The van der Waals surface area contributed by atoms with E-state index in [1.165, 1.54) is 17.4 Å². The number of thiazole rings is 1. The average Bonchev–Trinajstić information content (AvgIpc) is 2.96. The van der Waals surface area contributed by atoms with Crippen LogP contribution in [0.25, 0.3) is 10.2 Å². The van der Waals surface area contributed by atoms with Crippen LogP contribution < -0.4 is 9.54 Å². The first kappa shape index (κ1) is 19.2. The Labute approximate surface area is 158 Å². The number of ether oxygens (including phenoxy) is 2. The third-order valence-electron chi connectivity index (χ3n) is 3.86. The molecule has 0 spiro atoms. The van der Waals surface area contributed by atoms with Gasteiger partial charge in [0.1, 0.15) is 22.9 Å². The maximum atomic E-state index is 13.9. The number of carbonyl (C=O) groups excluding carboxylic acids is 1. The Balaban J connectivity index is 2.13. The second-order valence-corrected chi connectivity index (χ2v) is 6.61. The number of hydrogen-bond donors (Lipinski definition) is 0. The van der Waals surface area contributed by atoms with Crippen molar-refractivity contribution in [1.29, 1.82) is 0 Å². The van der Waals surface area contributed by atoms with Gasteiger partial charge in [0.25, 0.3) is 5.91 Å². The highest BCUT2D eigenvalue weighted by molar-refractivity contribution is 7.16. The Morgan fingerprint density at radius 1 is 1.22 bits per heavy atom. The summed E-state index contributed by atoms with van der Waals surface area (Å²) in [6.07, 6.45) is 0. The van der Waals surface area contributed by atoms with Gasteiger partial charge in [-0.2, -0.15) is 4.99 Å². The minimum absolute atomic E-state index is 0.336. The Bertz CT molecular complexity index is 1020. The summed E-state index contributed by atoms with van der Waals surface area (Å²) >= 11 is 1.24. The van der Waals surface area contributed by atoms with Crippen molar-refractivity contribution in [1.82, 2.24) is 4.57 Å². The zero-order valence-corrected chi connectivity index (χ0v) is 15.7. The molecule has 0 radical (unpaired) electrons. The Morgan fingerprint density at radius 3 is 2.63 bits per heavy atom. The van der Waals surface area contributed by atoms with Crippen molar-refractivity contribution in [2.45, 2.75) is 13.5 Å². The van der Waals surface area contributed by atoms with Gasteiger partial charge in [0.15, 0.2) is 4.80 Å². The smallest absolute Gasteiger partial charge is 0.285 e. The highest BCUT2D eigenvalue weighted by atomic mass is 32.1. The van der Waals surface area contributed by atoms with Gasteiger partial charge < -0.3 is 14.0 Å². The van der Waals surface area contributed by atoms with Crippen molar-refractivity contribution in [3.63, 3.8) is 0 Å². The quantitative estimate of drug-likeness (QED) is 0.642. The molecule has 3 aromatic rings. The van der Waals surface area contributed by atoms with Crippen molar-refractivity contribution >= 4 is 27.5 Å². The molecule has 3 rings (SSSR count). The molecule has 142 valence electrons. The van der Waals surface area contributed by atoms with Gasteiger partial charge in [0, 0.05) is 13.7 Å². The first-order valence-electron chi connectivity index (χ1n) is 8.33. The van der Waals surface area contributed by atoms with Crippen LogP contribution in [0.3, 0.4) is 0 Å². The number of halogens is 2. The summed E-state index contributed by atoms with van der Waals surface area (Å²) in [5.41, 5.74) is 0.171. The number of methoxy groups -OCH3 is 1. The second kappa shape index (κ2) is 8.41. The second-order valence-electron chi connectivity index (χ2n) is 5.61. The molecular formula is C19H18F2N2O3S. The summed E-state index contributed by atoms with van der Waals surface area (Å²) in [5, 5.41) is 0. The van der Waals surface area contributed by atoms with Gasteiger partial charge in [0.05, 0.1) is 23.4 Å². The molecule has 0 aliphatic rings. The SMILES string of the molecule is CCOc1ccc2c(c1)sc(=NC(=O)c1c(F)cccc1F)n2CCOC. The summed E-state index contributed by atoms with van der Waals surface area (Å²) in [7, 11) is 1.57. The number of fused-ring (bicyclic) bond motifs is 1. The van der Waals surface area contributed by atoms with E-state index in [1.807, 2.05) is 25.1 Å². The van der Waals surface area contributed by atoms with Crippen LogP contribution in [0.1, 0.15) is 17.3 Å². The average molecular weight is 392 g/mol. The zero-order valence-electron chi connectivity index (χ0n) is 14.9. The predicted molar refractivity (Wildman–Crippen MR) is 99.1 cm³/mol. The lowest BCUT2D eigenvalue weighted by Crippen LogP contribution is -2.20. The van der Waals surface area contributed by atoms with E-state index < -0.39 is 23.1 Å². The van der Waals surface area contributed by atoms with Gasteiger partial charge in [-0.05, 0) is 37.3 Å². The van der Waals surface area contributed by atoms with E-state index in [0.717, 1.165) is 22.3 Å². The van der Waals surface area contributed by atoms with Gasteiger partial charge in [-0.15, -0.1) is 0 Å². The minimum atomic E-state index is -0.964. The van der Waals surface area contributed by atoms with Crippen molar-refractivity contribution in [3.05, 3.63) is 58.4 Å². The van der Waals surface area contributed by atoms with Crippen LogP contribution in [0.15, 0.2) is 41.4 Å². The number of nitrogens with zero attached hydrogens (tertiary/aromatic N) is 2. The normalized spacial score (nSPS) is 11.9.